The molecule has 0 saturated heterocycles. The minimum absolute atomic E-state index is 0.238. The van der Waals surface area contributed by atoms with Crippen LogP contribution in [0.15, 0.2) is 60.7 Å². The molecule has 0 amide bonds. The first kappa shape index (κ1) is 17.4. The predicted octanol–water partition coefficient (Wildman–Crippen LogP) is 3.73. The standard InChI is InChI=1S/C10H12O2.C8H8O2/c1-2-8-12-10(11)9-6-4-3-5-7-9;1-10-8(9)7-5-3-2-4-6-7/h3-7H,2,8H2,1H3;2-6H,1H3. The van der Waals surface area contributed by atoms with Gasteiger partial charge in [0.1, 0.15) is 0 Å². The average Bonchev–Trinajstić information content (AvgIpc) is 2.61. The van der Waals surface area contributed by atoms with E-state index in [1.807, 2.05) is 31.2 Å². The second-order valence-electron chi connectivity index (χ2n) is 4.36. The van der Waals surface area contributed by atoms with Gasteiger partial charge < -0.3 is 9.47 Å². The third-order valence-electron chi connectivity index (χ3n) is 2.64. The predicted molar refractivity (Wildman–Crippen MR) is 84.8 cm³/mol. The molecule has 0 N–H and O–H groups in total. The molecule has 0 unspecified atom stereocenters. The molecular weight excluding hydrogens is 280 g/mol. The Morgan fingerprint density at radius 1 is 0.818 bits per heavy atom. The summed E-state index contributed by atoms with van der Waals surface area (Å²) in [5.41, 5.74) is 1.20. The fraction of sp³-hybridized carbons (Fsp3) is 0.222. The van der Waals surface area contributed by atoms with E-state index in [1.54, 1.807) is 36.4 Å². The highest BCUT2D eigenvalue weighted by molar-refractivity contribution is 5.89. The average molecular weight is 300 g/mol. The Labute approximate surface area is 130 Å². The van der Waals surface area contributed by atoms with Crippen molar-refractivity contribution in [3.8, 4) is 0 Å². The summed E-state index contributed by atoms with van der Waals surface area (Å²) in [5, 5.41) is 0. The highest BCUT2D eigenvalue weighted by Crippen LogP contribution is 2.01. The van der Waals surface area contributed by atoms with Crippen molar-refractivity contribution in [1.82, 2.24) is 0 Å². The van der Waals surface area contributed by atoms with Crippen molar-refractivity contribution < 1.29 is 19.1 Å². The van der Waals surface area contributed by atoms with Crippen LogP contribution in [0.2, 0.25) is 0 Å². The van der Waals surface area contributed by atoms with Gasteiger partial charge in [0.25, 0.3) is 0 Å². The molecule has 2 aromatic rings. The first-order valence-electron chi connectivity index (χ1n) is 7.04. The van der Waals surface area contributed by atoms with E-state index in [0.29, 0.717) is 17.7 Å². The summed E-state index contributed by atoms with van der Waals surface area (Å²) in [4.78, 5) is 22.0. The summed E-state index contributed by atoms with van der Waals surface area (Å²) < 4.78 is 9.44. The molecule has 4 nitrogen and oxygen atoms in total. The maximum Gasteiger partial charge on any atom is 0.338 e. The van der Waals surface area contributed by atoms with Crippen molar-refractivity contribution in [2.45, 2.75) is 13.3 Å². The van der Waals surface area contributed by atoms with Crippen LogP contribution in [-0.2, 0) is 9.47 Å². The molecule has 0 heterocycles. The van der Waals surface area contributed by atoms with E-state index >= 15 is 0 Å². The summed E-state index contributed by atoms with van der Waals surface area (Å²) in [6.07, 6.45) is 0.860. The molecule has 4 heteroatoms. The van der Waals surface area contributed by atoms with Crippen LogP contribution in [-0.4, -0.2) is 25.7 Å². The highest BCUT2D eigenvalue weighted by atomic mass is 16.5. The Morgan fingerprint density at radius 2 is 1.27 bits per heavy atom. The Kier molecular flexibility index (Phi) is 8.05. The summed E-state index contributed by atoms with van der Waals surface area (Å²) in [7, 11) is 1.37. The second kappa shape index (κ2) is 10.2. The van der Waals surface area contributed by atoms with Crippen LogP contribution in [0.5, 0.6) is 0 Å². The van der Waals surface area contributed by atoms with Gasteiger partial charge in [-0.1, -0.05) is 43.3 Å². The van der Waals surface area contributed by atoms with Crippen molar-refractivity contribution >= 4 is 11.9 Å². The molecule has 0 bridgehead atoms. The number of hydrogen-bond donors (Lipinski definition) is 0. The molecule has 0 saturated carbocycles. The van der Waals surface area contributed by atoms with Crippen LogP contribution in [0.25, 0.3) is 0 Å². The number of methoxy groups -OCH3 is 1. The van der Waals surface area contributed by atoms with Gasteiger partial charge in [-0.3, -0.25) is 0 Å². The number of rotatable bonds is 4. The molecule has 0 aromatic heterocycles. The smallest absolute Gasteiger partial charge is 0.338 e. The minimum atomic E-state index is -0.291. The Hall–Kier alpha value is -2.62. The van der Waals surface area contributed by atoms with E-state index in [-0.39, 0.29) is 11.9 Å². The van der Waals surface area contributed by atoms with Crippen molar-refractivity contribution in [3.63, 3.8) is 0 Å². The maximum atomic E-state index is 11.2. The minimum Gasteiger partial charge on any atom is -0.465 e. The number of ether oxygens (including phenoxy) is 2. The van der Waals surface area contributed by atoms with E-state index in [0.717, 1.165) is 6.42 Å². The van der Waals surface area contributed by atoms with Gasteiger partial charge >= 0.3 is 11.9 Å². The topological polar surface area (TPSA) is 52.6 Å². The Morgan fingerprint density at radius 3 is 1.68 bits per heavy atom. The Bertz CT molecular complexity index is 564. The van der Waals surface area contributed by atoms with Crippen LogP contribution in [0.4, 0.5) is 0 Å². The number of carbonyl (C=O) groups excluding carboxylic acids is 2. The van der Waals surface area contributed by atoms with Crippen LogP contribution in [0.1, 0.15) is 34.1 Å². The molecule has 0 aliphatic carbocycles. The van der Waals surface area contributed by atoms with E-state index in [2.05, 4.69) is 4.74 Å². The van der Waals surface area contributed by atoms with Crippen LogP contribution >= 0.6 is 0 Å². The third kappa shape index (κ3) is 6.22. The van der Waals surface area contributed by atoms with Gasteiger partial charge in [0.15, 0.2) is 0 Å². The van der Waals surface area contributed by atoms with E-state index < -0.39 is 0 Å². The van der Waals surface area contributed by atoms with E-state index in [4.69, 9.17) is 4.74 Å². The highest BCUT2D eigenvalue weighted by Gasteiger charge is 2.03. The molecule has 0 radical (unpaired) electrons. The van der Waals surface area contributed by atoms with Gasteiger partial charge in [-0.2, -0.15) is 0 Å². The normalized spacial score (nSPS) is 9.18. The first-order chi connectivity index (χ1) is 10.7. The van der Waals surface area contributed by atoms with Gasteiger partial charge in [-0.15, -0.1) is 0 Å². The van der Waals surface area contributed by atoms with Crippen LogP contribution in [0, 0.1) is 0 Å². The monoisotopic (exact) mass is 300 g/mol. The zero-order valence-corrected chi connectivity index (χ0v) is 12.8. The Balaban J connectivity index is 0.000000224. The van der Waals surface area contributed by atoms with Gasteiger partial charge in [0, 0.05) is 0 Å². The molecule has 2 rings (SSSR count). The summed E-state index contributed by atoms with van der Waals surface area (Å²) in [5.74, 6) is -0.530. The molecule has 0 fully saturated rings. The van der Waals surface area contributed by atoms with Gasteiger partial charge in [0.2, 0.25) is 0 Å². The number of carbonyl (C=O) groups is 2. The summed E-state index contributed by atoms with van der Waals surface area (Å²) >= 11 is 0. The fourth-order valence-corrected chi connectivity index (χ4v) is 1.54. The molecular formula is C18H20O4. The first-order valence-corrected chi connectivity index (χ1v) is 7.04. The molecule has 0 aliphatic heterocycles. The maximum absolute atomic E-state index is 11.2. The lowest BCUT2D eigenvalue weighted by molar-refractivity contribution is 0.0504. The van der Waals surface area contributed by atoms with Crippen molar-refractivity contribution in [2.75, 3.05) is 13.7 Å². The SMILES string of the molecule is CCCOC(=O)c1ccccc1.COC(=O)c1ccccc1. The number of esters is 2. The molecule has 116 valence electrons. The fourth-order valence-electron chi connectivity index (χ4n) is 1.54. The van der Waals surface area contributed by atoms with Gasteiger partial charge in [0.05, 0.1) is 24.8 Å². The van der Waals surface area contributed by atoms with Crippen molar-refractivity contribution in [3.05, 3.63) is 71.8 Å². The molecule has 2 aromatic carbocycles. The van der Waals surface area contributed by atoms with Crippen molar-refractivity contribution in [1.29, 1.82) is 0 Å². The summed E-state index contributed by atoms with van der Waals surface area (Å²) in [6, 6.07) is 17.9. The van der Waals surface area contributed by atoms with Crippen LogP contribution < -0.4 is 0 Å². The summed E-state index contributed by atoms with van der Waals surface area (Å²) in [6.45, 7) is 2.46. The molecule has 0 aliphatic rings. The molecule has 0 spiro atoms. The third-order valence-corrected chi connectivity index (χ3v) is 2.64. The lowest BCUT2D eigenvalue weighted by Gasteiger charge is -2.01. The number of benzene rings is 2. The molecule has 0 atom stereocenters. The van der Waals surface area contributed by atoms with Crippen molar-refractivity contribution in [2.24, 2.45) is 0 Å². The van der Waals surface area contributed by atoms with E-state index in [1.165, 1.54) is 7.11 Å². The zero-order chi connectivity index (χ0) is 16.2. The second-order valence-corrected chi connectivity index (χ2v) is 4.36. The quantitative estimate of drug-likeness (QED) is 0.807. The van der Waals surface area contributed by atoms with Gasteiger partial charge in [-0.25, -0.2) is 9.59 Å². The number of hydrogen-bond acceptors (Lipinski definition) is 4. The van der Waals surface area contributed by atoms with Crippen LogP contribution in [0.3, 0.4) is 0 Å². The lowest BCUT2D eigenvalue weighted by atomic mass is 10.2. The van der Waals surface area contributed by atoms with E-state index in [9.17, 15) is 9.59 Å². The molecule has 22 heavy (non-hydrogen) atoms. The lowest BCUT2D eigenvalue weighted by Crippen LogP contribution is -2.05. The van der Waals surface area contributed by atoms with Gasteiger partial charge in [-0.05, 0) is 30.7 Å². The zero-order valence-electron chi connectivity index (χ0n) is 12.8. The largest absolute Gasteiger partial charge is 0.465 e.